The summed E-state index contributed by atoms with van der Waals surface area (Å²) in [5.41, 5.74) is 0. The standard InChI is InChI=1S/C8H10N2/c1-7-3-2-4-8-9-5-6-10(7)8/h2,4-7H,3H2,1H3. The van der Waals surface area contributed by atoms with Crippen molar-refractivity contribution >= 4 is 6.08 Å². The van der Waals surface area contributed by atoms with Crippen molar-refractivity contribution in [3.8, 4) is 0 Å². The van der Waals surface area contributed by atoms with Crippen LogP contribution in [0.2, 0.25) is 0 Å². The lowest BCUT2D eigenvalue weighted by molar-refractivity contribution is 0.541. The van der Waals surface area contributed by atoms with Crippen LogP contribution in [0.25, 0.3) is 6.08 Å². The summed E-state index contributed by atoms with van der Waals surface area (Å²) in [6.45, 7) is 2.20. The van der Waals surface area contributed by atoms with Crippen LogP contribution in [0.5, 0.6) is 0 Å². The van der Waals surface area contributed by atoms with Gasteiger partial charge in [-0.2, -0.15) is 0 Å². The molecule has 52 valence electrons. The largest absolute Gasteiger partial charge is 0.328 e. The van der Waals surface area contributed by atoms with Crippen molar-refractivity contribution < 1.29 is 0 Å². The Morgan fingerprint density at radius 3 is 3.40 bits per heavy atom. The molecule has 0 aromatic carbocycles. The number of aromatic nitrogens is 2. The Morgan fingerprint density at radius 2 is 2.60 bits per heavy atom. The van der Waals surface area contributed by atoms with Gasteiger partial charge in [0.1, 0.15) is 5.82 Å². The van der Waals surface area contributed by atoms with Crippen molar-refractivity contribution in [2.45, 2.75) is 19.4 Å². The smallest absolute Gasteiger partial charge is 0.132 e. The van der Waals surface area contributed by atoms with Gasteiger partial charge in [-0.3, -0.25) is 0 Å². The molecule has 1 aliphatic heterocycles. The zero-order valence-electron chi connectivity index (χ0n) is 5.99. The quantitative estimate of drug-likeness (QED) is 0.529. The normalized spacial score (nSPS) is 22.7. The summed E-state index contributed by atoms with van der Waals surface area (Å²) in [6.07, 6.45) is 9.25. The van der Waals surface area contributed by atoms with Crippen LogP contribution in [-0.4, -0.2) is 9.55 Å². The number of hydrogen-bond acceptors (Lipinski definition) is 1. The summed E-state index contributed by atoms with van der Waals surface area (Å²) in [5, 5.41) is 0. The molecule has 0 spiro atoms. The minimum Gasteiger partial charge on any atom is -0.328 e. The van der Waals surface area contributed by atoms with Gasteiger partial charge in [0.05, 0.1) is 0 Å². The van der Waals surface area contributed by atoms with E-state index in [0.29, 0.717) is 6.04 Å². The lowest BCUT2D eigenvalue weighted by Gasteiger charge is -2.16. The summed E-state index contributed by atoms with van der Waals surface area (Å²) < 4.78 is 2.19. The van der Waals surface area contributed by atoms with E-state index in [4.69, 9.17) is 0 Å². The van der Waals surface area contributed by atoms with E-state index in [1.54, 1.807) is 0 Å². The van der Waals surface area contributed by atoms with Gasteiger partial charge in [-0.25, -0.2) is 4.98 Å². The van der Waals surface area contributed by atoms with Gasteiger partial charge in [-0.15, -0.1) is 0 Å². The van der Waals surface area contributed by atoms with Crippen molar-refractivity contribution in [1.29, 1.82) is 0 Å². The lowest BCUT2D eigenvalue weighted by atomic mass is 10.2. The Hall–Kier alpha value is -1.05. The molecule has 10 heavy (non-hydrogen) atoms. The Bertz CT molecular complexity index is 260. The third kappa shape index (κ3) is 0.685. The molecule has 0 saturated carbocycles. The van der Waals surface area contributed by atoms with Gasteiger partial charge in [-0.05, 0) is 19.4 Å². The van der Waals surface area contributed by atoms with Crippen molar-refractivity contribution in [2.24, 2.45) is 0 Å². The van der Waals surface area contributed by atoms with Gasteiger partial charge in [0.25, 0.3) is 0 Å². The van der Waals surface area contributed by atoms with Crippen molar-refractivity contribution in [1.82, 2.24) is 9.55 Å². The number of imidazole rings is 1. The maximum absolute atomic E-state index is 4.18. The highest BCUT2D eigenvalue weighted by molar-refractivity contribution is 5.42. The highest BCUT2D eigenvalue weighted by atomic mass is 15.1. The Kier molecular flexibility index (Phi) is 1.13. The number of nitrogens with zero attached hydrogens (tertiary/aromatic N) is 2. The van der Waals surface area contributed by atoms with Crippen LogP contribution < -0.4 is 0 Å². The first kappa shape index (κ1) is 5.71. The van der Waals surface area contributed by atoms with Crippen LogP contribution in [0.15, 0.2) is 18.5 Å². The van der Waals surface area contributed by atoms with Gasteiger partial charge in [-0.1, -0.05) is 6.08 Å². The molecule has 2 heteroatoms. The highest BCUT2D eigenvalue weighted by Crippen LogP contribution is 2.19. The molecular formula is C8H10N2. The Morgan fingerprint density at radius 1 is 1.70 bits per heavy atom. The molecule has 0 bridgehead atoms. The monoisotopic (exact) mass is 134 g/mol. The fraction of sp³-hybridized carbons (Fsp3) is 0.375. The molecule has 0 radical (unpaired) electrons. The topological polar surface area (TPSA) is 17.8 Å². The van der Waals surface area contributed by atoms with Crippen LogP contribution in [0, 0.1) is 0 Å². The summed E-state index contributed by atoms with van der Waals surface area (Å²) in [6, 6.07) is 0.586. The van der Waals surface area contributed by atoms with Gasteiger partial charge >= 0.3 is 0 Å². The Balaban J connectivity index is 2.52. The van der Waals surface area contributed by atoms with Crippen LogP contribution in [0.1, 0.15) is 25.2 Å². The fourth-order valence-corrected chi connectivity index (χ4v) is 1.31. The first-order chi connectivity index (χ1) is 4.88. The van der Waals surface area contributed by atoms with Crippen LogP contribution >= 0.6 is 0 Å². The van der Waals surface area contributed by atoms with Crippen LogP contribution in [-0.2, 0) is 0 Å². The van der Waals surface area contributed by atoms with E-state index in [1.165, 1.54) is 0 Å². The lowest BCUT2D eigenvalue weighted by Crippen LogP contribution is -2.07. The van der Waals surface area contributed by atoms with E-state index in [9.17, 15) is 0 Å². The average Bonchev–Trinajstić information content (AvgIpc) is 2.36. The number of fused-ring (bicyclic) bond motifs is 1. The SMILES string of the molecule is CC1CC=Cc2nccn21. The summed E-state index contributed by atoms with van der Waals surface area (Å²) in [7, 11) is 0. The van der Waals surface area contributed by atoms with E-state index in [-0.39, 0.29) is 0 Å². The summed E-state index contributed by atoms with van der Waals surface area (Å²) in [5.74, 6) is 1.08. The third-order valence-corrected chi connectivity index (χ3v) is 1.92. The molecule has 1 unspecified atom stereocenters. The number of rotatable bonds is 0. The summed E-state index contributed by atoms with van der Waals surface area (Å²) >= 11 is 0. The predicted octanol–water partition coefficient (Wildman–Crippen LogP) is 1.86. The maximum Gasteiger partial charge on any atom is 0.132 e. The highest BCUT2D eigenvalue weighted by Gasteiger charge is 2.09. The second kappa shape index (κ2) is 1.97. The molecule has 0 fully saturated rings. The van der Waals surface area contributed by atoms with Crippen molar-refractivity contribution in [3.05, 3.63) is 24.3 Å². The van der Waals surface area contributed by atoms with E-state index >= 15 is 0 Å². The average molecular weight is 134 g/mol. The minimum atomic E-state index is 0.586. The van der Waals surface area contributed by atoms with Crippen LogP contribution in [0.3, 0.4) is 0 Å². The molecule has 1 aliphatic rings. The number of allylic oxidation sites excluding steroid dienone is 1. The molecule has 0 N–H and O–H groups in total. The first-order valence-corrected chi connectivity index (χ1v) is 3.57. The second-order valence-electron chi connectivity index (χ2n) is 2.68. The van der Waals surface area contributed by atoms with Gasteiger partial charge in [0.2, 0.25) is 0 Å². The van der Waals surface area contributed by atoms with E-state index in [2.05, 4.69) is 28.6 Å². The fourth-order valence-electron chi connectivity index (χ4n) is 1.31. The zero-order valence-corrected chi connectivity index (χ0v) is 5.99. The molecule has 2 nitrogen and oxygen atoms in total. The molecule has 0 amide bonds. The molecular weight excluding hydrogens is 124 g/mol. The van der Waals surface area contributed by atoms with Gasteiger partial charge < -0.3 is 4.57 Å². The molecule has 1 aromatic heterocycles. The van der Waals surface area contributed by atoms with E-state index in [1.807, 2.05) is 12.4 Å². The molecule has 0 saturated heterocycles. The van der Waals surface area contributed by atoms with Gasteiger partial charge in [0, 0.05) is 18.4 Å². The Labute approximate surface area is 60.2 Å². The third-order valence-electron chi connectivity index (χ3n) is 1.92. The summed E-state index contributed by atoms with van der Waals surface area (Å²) in [4.78, 5) is 4.18. The first-order valence-electron chi connectivity index (χ1n) is 3.57. The van der Waals surface area contributed by atoms with Gasteiger partial charge in [0.15, 0.2) is 0 Å². The maximum atomic E-state index is 4.18. The molecule has 2 heterocycles. The molecule has 1 atom stereocenters. The molecule has 2 rings (SSSR count). The van der Waals surface area contributed by atoms with Crippen molar-refractivity contribution in [3.63, 3.8) is 0 Å². The van der Waals surface area contributed by atoms with E-state index in [0.717, 1.165) is 12.2 Å². The predicted molar refractivity (Wildman–Crippen MR) is 40.6 cm³/mol. The molecule has 0 aliphatic carbocycles. The zero-order chi connectivity index (χ0) is 6.97. The van der Waals surface area contributed by atoms with E-state index < -0.39 is 0 Å². The van der Waals surface area contributed by atoms with Crippen molar-refractivity contribution in [2.75, 3.05) is 0 Å². The molecule has 1 aromatic rings. The second-order valence-corrected chi connectivity index (χ2v) is 2.68. The number of hydrogen-bond donors (Lipinski definition) is 0. The van der Waals surface area contributed by atoms with Crippen LogP contribution in [0.4, 0.5) is 0 Å². The minimum absolute atomic E-state index is 0.586.